The third-order valence-corrected chi connectivity index (χ3v) is 6.77. The van der Waals surface area contributed by atoms with E-state index in [-0.39, 0.29) is 25.0 Å². The number of thiophene rings is 1. The molecule has 1 aliphatic rings. The molecule has 1 saturated heterocycles. The first kappa shape index (κ1) is 24.0. The first-order valence-electron chi connectivity index (χ1n) is 10.9. The number of furan rings is 1. The van der Waals surface area contributed by atoms with Crippen LogP contribution < -0.4 is 5.32 Å². The van der Waals surface area contributed by atoms with Crippen molar-refractivity contribution in [2.24, 2.45) is 0 Å². The molecule has 1 fully saturated rings. The lowest BCUT2D eigenvalue weighted by Gasteiger charge is -2.33. The summed E-state index contributed by atoms with van der Waals surface area (Å²) in [6.45, 7) is 4.24. The molecule has 34 heavy (non-hydrogen) atoms. The number of carbonyl (C=O) groups excluding carboxylic acids is 3. The van der Waals surface area contributed by atoms with Crippen molar-refractivity contribution in [2.45, 2.75) is 6.92 Å². The van der Waals surface area contributed by atoms with Gasteiger partial charge < -0.3 is 19.4 Å². The monoisotopic (exact) mass is 501 g/mol. The first-order chi connectivity index (χ1) is 16.4. The molecule has 0 bridgehead atoms. The summed E-state index contributed by atoms with van der Waals surface area (Å²) in [7, 11) is 0. The van der Waals surface area contributed by atoms with Gasteiger partial charge in [0.25, 0.3) is 5.91 Å². The van der Waals surface area contributed by atoms with Crippen molar-refractivity contribution in [2.75, 3.05) is 44.6 Å². The molecule has 0 radical (unpaired) electrons. The average Bonchev–Trinajstić information content (AvgIpc) is 3.50. The molecular weight excluding hydrogens is 478 g/mol. The summed E-state index contributed by atoms with van der Waals surface area (Å²) in [6.07, 6.45) is 1.47. The molecule has 2 amide bonds. The van der Waals surface area contributed by atoms with Crippen molar-refractivity contribution >= 4 is 46.4 Å². The zero-order valence-corrected chi connectivity index (χ0v) is 20.2. The second kappa shape index (κ2) is 10.9. The van der Waals surface area contributed by atoms with Gasteiger partial charge in [-0.25, -0.2) is 4.79 Å². The molecule has 0 spiro atoms. The Morgan fingerprint density at radius 1 is 1.12 bits per heavy atom. The largest absolute Gasteiger partial charge is 0.462 e. The topological polar surface area (TPSA) is 92.1 Å². The molecule has 0 unspecified atom stereocenters. The Hall–Kier alpha value is -3.14. The molecule has 3 heterocycles. The van der Waals surface area contributed by atoms with Crippen LogP contribution in [0.5, 0.6) is 0 Å². The molecule has 1 aromatic carbocycles. The maximum absolute atomic E-state index is 12.8. The number of carbonyl (C=O) groups is 3. The molecule has 8 nitrogen and oxygen atoms in total. The third kappa shape index (κ3) is 5.67. The van der Waals surface area contributed by atoms with Gasteiger partial charge in [-0.3, -0.25) is 14.5 Å². The van der Waals surface area contributed by atoms with E-state index in [4.69, 9.17) is 20.8 Å². The van der Waals surface area contributed by atoms with Crippen molar-refractivity contribution in [1.29, 1.82) is 0 Å². The number of amides is 2. The number of hydrogen-bond donors (Lipinski definition) is 1. The lowest BCUT2D eigenvalue weighted by atomic mass is 10.2. The van der Waals surface area contributed by atoms with Gasteiger partial charge in [-0.15, -0.1) is 11.3 Å². The Bertz CT molecular complexity index is 1150. The van der Waals surface area contributed by atoms with Gasteiger partial charge in [0.2, 0.25) is 5.91 Å². The number of hydrogen-bond acceptors (Lipinski definition) is 7. The van der Waals surface area contributed by atoms with Crippen molar-refractivity contribution in [3.63, 3.8) is 0 Å². The van der Waals surface area contributed by atoms with Crippen molar-refractivity contribution in [3.05, 3.63) is 64.4 Å². The van der Waals surface area contributed by atoms with Gasteiger partial charge in [-0.1, -0.05) is 23.7 Å². The van der Waals surface area contributed by atoms with Crippen LogP contribution in [0.4, 0.5) is 5.69 Å². The number of nitrogens with zero attached hydrogens (tertiary/aromatic N) is 2. The van der Waals surface area contributed by atoms with Crippen LogP contribution in [0.25, 0.3) is 10.4 Å². The van der Waals surface area contributed by atoms with Crippen LogP contribution in [-0.2, 0) is 9.53 Å². The maximum atomic E-state index is 12.8. The number of nitrogens with one attached hydrogen (secondary N) is 1. The van der Waals surface area contributed by atoms with E-state index in [1.807, 2.05) is 17.0 Å². The lowest BCUT2D eigenvalue weighted by Crippen LogP contribution is -2.50. The SMILES string of the molecule is CCOC(=O)c1sc(-c2ccc(Cl)cc2)cc1NC(=O)CN1CCN(C(=O)c2ccco2)CC1. The summed E-state index contributed by atoms with van der Waals surface area (Å²) in [5.74, 6) is -0.558. The predicted molar refractivity (Wildman–Crippen MR) is 130 cm³/mol. The Balaban J connectivity index is 1.39. The highest BCUT2D eigenvalue weighted by molar-refractivity contribution is 7.18. The number of esters is 1. The maximum Gasteiger partial charge on any atom is 0.350 e. The Morgan fingerprint density at radius 3 is 2.50 bits per heavy atom. The number of ether oxygens (including phenoxy) is 1. The van der Waals surface area contributed by atoms with Gasteiger partial charge in [0.15, 0.2) is 5.76 Å². The van der Waals surface area contributed by atoms with Gasteiger partial charge in [0.1, 0.15) is 4.88 Å². The van der Waals surface area contributed by atoms with Crippen LogP contribution in [0.15, 0.2) is 53.1 Å². The molecule has 3 aromatic rings. The standard InChI is InChI=1S/C24H24ClN3O5S/c1-2-32-24(31)22-18(14-20(34-22)16-5-7-17(25)8-6-16)26-21(29)15-27-9-11-28(12-10-27)23(30)19-4-3-13-33-19/h3-8,13-14H,2,9-12,15H2,1H3,(H,26,29). The van der Waals surface area contributed by atoms with Crippen LogP contribution in [0.2, 0.25) is 5.02 Å². The van der Waals surface area contributed by atoms with Gasteiger partial charge in [0, 0.05) is 36.1 Å². The zero-order valence-electron chi connectivity index (χ0n) is 18.6. The molecule has 4 rings (SSSR count). The van der Waals surface area contributed by atoms with E-state index < -0.39 is 5.97 Å². The Kier molecular flexibility index (Phi) is 7.66. The molecule has 0 atom stereocenters. The van der Waals surface area contributed by atoms with E-state index >= 15 is 0 Å². The van der Waals surface area contributed by atoms with E-state index in [1.54, 1.807) is 42.2 Å². The fraction of sp³-hybridized carbons (Fsp3) is 0.292. The van der Waals surface area contributed by atoms with Crippen molar-refractivity contribution in [1.82, 2.24) is 9.80 Å². The Morgan fingerprint density at radius 2 is 1.85 bits per heavy atom. The predicted octanol–water partition coefficient (Wildman–Crippen LogP) is 4.23. The van der Waals surface area contributed by atoms with E-state index in [2.05, 4.69) is 5.32 Å². The van der Waals surface area contributed by atoms with Crippen molar-refractivity contribution < 1.29 is 23.5 Å². The van der Waals surface area contributed by atoms with Gasteiger partial charge >= 0.3 is 5.97 Å². The number of rotatable bonds is 7. The van der Waals surface area contributed by atoms with Crippen LogP contribution in [0.1, 0.15) is 27.2 Å². The summed E-state index contributed by atoms with van der Waals surface area (Å²) < 4.78 is 10.4. The summed E-state index contributed by atoms with van der Waals surface area (Å²) >= 11 is 7.24. The van der Waals surface area contributed by atoms with E-state index in [9.17, 15) is 14.4 Å². The number of halogens is 1. The minimum Gasteiger partial charge on any atom is -0.462 e. The molecule has 0 aliphatic carbocycles. The number of piperazine rings is 1. The van der Waals surface area contributed by atoms with Crippen LogP contribution in [0, 0.1) is 0 Å². The summed E-state index contributed by atoms with van der Waals surface area (Å²) in [5, 5.41) is 3.48. The molecule has 2 aromatic heterocycles. The smallest absolute Gasteiger partial charge is 0.350 e. The van der Waals surface area contributed by atoms with Crippen LogP contribution >= 0.6 is 22.9 Å². The van der Waals surface area contributed by atoms with E-state index in [0.717, 1.165) is 10.4 Å². The summed E-state index contributed by atoms with van der Waals surface area (Å²) in [5.41, 5.74) is 1.31. The molecule has 0 saturated carbocycles. The fourth-order valence-electron chi connectivity index (χ4n) is 3.65. The van der Waals surface area contributed by atoms with Crippen LogP contribution in [0.3, 0.4) is 0 Å². The fourth-order valence-corrected chi connectivity index (χ4v) is 4.79. The summed E-state index contributed by atoms with van der Waals surface area (Å²) in [4.78, 5) is 42.5. The number of benzene rings is 1. The second-order valence-electron chi connectivity index (χ2n) is 7.67. The molecular formula is C24H24ClN3O5S. The van der Waals surface area contributed by atoms with E-state index in [1.165, 1.54) is 17.6 Å². The first-order valence-corrected chi connectivity index (χ1v) is 12.1. The molecule has 178 valence electrons. The quantitative estimate of drug-likeness (QED) is 0.487. The molecule has 1 aliphatic heterocycles. The molecule has 10 heteroatoms. The number of anilines is 1. The van der Waals surface area contributed by atoms with Gasteiger partial charge in [0.05, 0.1) is 25.1 Å². The average molecular weight is 502 g/mol. The summed E-state index contributed by atoms with van der Waals surface area (Å²) in [6, 6.07) is 12.4. The lowest BCUT2D eigenvalue weighted by molar-refractivity contribution is -0.117. The normalized spacial score (nSPS) is 14.1. The van der Waals surface area contributed by atoms with E-state index in [0.29, 0.717) is 47.5 Å². The highest BCUT2D eigenvalue weighted by Crippen LogP contribution is 2.36. The van der Waals surface area contributed by atoms with Crippen molar-refractivity contribution in [3.8, 4) is 10.4 Å². The third-order valence-electron chi connectivity index (χ3n) is 5.35. The molecule has 1 N–H and O–H groups in total. The minimum atomic E-state index is -0.479. The highest BCUT2D eigenvalue weighted by atomic mass is 35.5. The highest BCUT2D eigenvalue weighted by Gasteiger charge is 2.26. The van der Waals surface area contributed by atoms with Gasteiger partial charge in [-0.05, 0) is 42.8 Å². The van der Waals surface area contributed by atoms with Crippen LogP contribution in [-0.4, -0.2) is 66.9 Å². The minimum absolute atomic E-state index is 0.150. The zero-order chi connectivity index (χ0) is 24.1. The Labute approximate surface area is 206 Å². The van der Waals surface area contributed by atoms with Gasteiger partial charge in [-0.2, -0.15) is 0 Å². The second-order valence-corrected chi connectivity index (χ2v) is 9.16.